The fourth-order valence-corrected chi connectivity index (χ4v) is 1.95. The predicted octanol–water partition coefficient (Wildman–Crippen LogP) is 0.763. The van der Waals surface area contributed by atoms with Gasteiger partial charge in [0, 0.05) is 12.8 Å². The van der Waals surface area contributed by atoms with E-state index < -0.39 is 0 Å². The van der Waals surface area contributed by atoms with Crippen LogP contribution in [0.5, 0.6) is 0 Å². The number of aromatic nitrogens is 3. The molecule has 1 rings (SSSR count). The first-order valence-electron chi connectivity index (χ1n) is 4.35. The van der Waals surface area contributed by atoms with Crippen molar-refractivity contribution in [2.45, 2.75) is 12.1 Å². The summed E-state index contributed by atoms with van der Waals surface area (Å²) in [6, 6.07) is 0. The summed E-state index contributed by atoms with van der Waals surface area (Å²) in [7, 11) is 3.89. The third-order valence-corrected chi connectivity index (χ3v) is 3.08. The van der Waals surface area contributed by atoms with Crippen LogP contribution in [-0.4, -0.2) is 34.1 Å². The molecular formula is C8H16N4S. The normalized spacial score (nSPS) is 13.2. The Morgan fingerprint density at radius 2 is 2.46 bits per heavy atom. The third-order valence-electron chi connectivity index (χ3n) is 1.72. The Bertz CT molecular complexity index is 248. The third kappa shape index (κ3) is 3.36. The summed E-state index contributed by atoms with van der Waals surface area (Å²) >= 11 is 1.75. The Balaban J connectivity index is 2.30. The van der Waals surface area contributed by atoms with E-state index in [1.165, 1.54) is 0 Å². The summed E-state index contributed by atoms with van der Waals surface area (Å²) in [6.45, 7) is 3.27. The molecule has 5 heteroatoms. The first kappa shape index (κ1) is 10.5. The molecule has 1 aromatic heterocycles. The van der Waals surface area contributed by atoms with Gasteiger partial charge in [0.2, 0.25) is 0 Å². The second-order valence-corrected chi connectivity index (χ2v) is 4.13. The molecule has 0 saturated carbocycles. The van der Waals surface area contributed by atoms with Crippen molar-refractivity contribution in [2.75, 3.05) is 19.3 Å². The van der Waals surface area contributed by atoms with Crippen LogP contribution in [0.1, 0.15) is 6.92 Å². The molecule has 1 heterocycles. The quantitative estimate of drug-likeness (QED) is 0.713. The van der Waals surface area contributed by atoms with Crippen LogP contribution in [0, 0.1) is 5.92 Å². The van der Waals surface area contributed by atoms with Crippen molar-refractivity contribution in [1.29, 1.82) is 0 Å². The van der Waals surface area contributed by atoms with E-state index in [-0.39, 0.29) is 0 Å². The molecule has 1 aromatic rings. The first-order chi connectivity index (χ1) is 6.24. The molecule has 0 spiro atoms. The van der Waals surface area contributed by atoms with Crippen LogP contribution in [0.2, 0.25) is 0 Å². The van der Waals surface area contributed by atoms with E-state index >= 15 is 0 Å². The lowest BCUT2D eigenvalue weighted by atomic mass is 10.2. The highest BCUT2D eigenvalue weighted by Gasteiger charge is 2.05. The van der Waals surface area contributed by atoms with Crippen molar-refractivity contribution in [1.82, 2.24) is 20.1 Å². The van der Waals surface area contributed by atoms with Gasteiger partial charge in [-0.3, -0.25) is 0 Å². The van der Waals surface area contributed by atoms with Gasteiger partial charge in [-0.05, 0) is 19.5 Å². The Morgan fingerprint density at radius 1 is 1.69 bits per heavy atom. The first-order valence-corrected chi connectivity index (χ1v) is 5.34. The summed E-state index contributed by atoms with van der Waals surface area (Å²) in [6.07, 6.45) is 1.59. The minimum Gasteiger partial charge on any atom is -0.319 e. The molecule has 0 aliphatic heterocycles. The van der Waals surface area contributed by atoms with E-state index in [0.717, 1.165) is 17.5 Å². The lowest BCUT2D eigenvalue weighted by molar-refractivity contribution is 0.601. The van der Waals surface area contributed by atoms with Crippen LogP contribution in [0.4, 0.5) is 0 Å². The van der Waals surface area contributed by atoms with Crippen molar-refractivity contribution in [3.63, 3.8) is 0 Å². The molecule has 1 atom stereocenters. The Hall–Kier alpha value is -0.550. The number of thioether (sulfide) groups is 1. The molecule has 0 aromatic carbocycles. The number of hydrogen-bond acceptors (Lipinski definition) is 4. The van der Waals surface area contributed by atoms with Crippen molar-refractivity contribution in [3.05, 3.63) is 6.33 Å². The van der Waals surface area contributed by atoms with Crippen LogP contribution in [0.15, 0.2) is 11.5 Å². The molecule has 0 saturated heterocycles. The summed E-state index contributed by atoms with van der Waals surface area (Å²) in [5.41, 5.74) is 0. The molecule has 4 nitrogen and oxygen atoms in total. The highest BCUT2D eigenvalue weighted by atomic mass is 32.2. The van der Waals surface area contributed by atoms with Gasteiger partial charge < -0.3 is 5.32 Å². The van der Waals surface area contributed by atoms with Crippen LogP contribution in [-0.2, 0) is 7.05 Å². The van der Waals surface area contributed by atoms with Gasteiger partial charge in [0.1, 0.15) is 6.33 Å². The molecule has 0 fully saturated rings. The topological polar surface area (TPSA) is 42.7 Å². The van der Waals surface area contributed by atoms with E-state index in [0.29, 0.717) is 5.92 Å². The van der Waals surface area contributed by atoms with Gasteiger partial charge in [-0.2, -0.15) is 5.10 Å². The maximum absolute atomic E-state index is 4.14. The van der Waals surface area contributed by atoms with Gasteiger partial charge in [0.25, 0.3) is 0 Å². The Kier molecular flexibility index (Phi) is 4.24. The maximum Gasteiger partial charge on any atom is 0.185 e. The highest BCUT2D eigenvalue weighted by Crippen LogP contribution is 2.16. The predicted molar refractivity (Wildman–Crippen MR) is 54.8 cm³/mol. The van der Waals surface area contributed by atoms with Crippen molar-refractivity contribution in [3.8, 4) is 0 Å². The van der Waals surface area contributed by atoms with Crippen molar-refractivity contribution >= 4 is 11.8 Å². The molecule has 1 N–H and O–H groups in total. The minimum absolute atomic E-state index is 0.659. The lowest BCUT2D eigenvalue weighted by Gasteiger charge is -2.08. The molecule has 1 unspecified atom stereocenters. The maximum atomic E-state index is 4.14. The molecule has 0 radical (unpaired) electrons. The van der Waals surface area contributed by atoms with E-state index in [1.807, 2.05) is 14.1 Å². The number of nitrogens with zero attached hydrogens (tertiary/aromatic N) is 3. The van der Waals surface area contributed by atoms with Crippen molar-refractivity contribution in [2.24, 2.45) is 13.0 Å². The van der Waals surface area contributed by atoms with Crippen LogP contribution in [0.3, 0.4) is 0 Å². The molecule has 0 aliphatic carbocycles. The summed E-state index contributed by atoms with van der Waals surface area (Å²) in [5, 5.41) is 8.15. The zero-order valence-electron chi connectivity index (χ0n) is 8.32. The summed E-state index contributed by atoms with van der Waals surface area (Å²) in [5.74, 6) is 1.74. The van der Waals surface area contributed by atoms with E-state index in [9.17, 15) is 0 Å². The summed E-state index contributed by atoms with van der Waals surface area (Å²) < 4.78 is 1.80. The SMILES string of the molecule is CNCC(C)CSc1ncnn1C. The van der Waals surface area contributed by atoms with E-state index in [1.54, 1.807) is 22.8 Å². The van der Waals surface area contributed by atoms with E-state index in [2.05, 4.69) is 22.3 Å². The fraction of sp³-hybridized carbons (Fsp3) is 0.750. The monoisotopic (exact) mass is 200 g/mol. The molecule has 13 heavy (non-hydrogen) atoms. The van der Waals surface area contributed by atoms with Gasteiger partial charge in [0.05, 0.1) is 0 Å². The van der Waals surface area contributed by atoms with Gasteiger partial charge in [-0.15, -0.1) is 0 Å². The molecule has 0 amide bonds. The highest BCUT2D eigenvalue weighted by molar-refractivity contribution is 7.99. The molecule has 0 bridgehead atoms. The Labute approximate surface area is 83.1 Å². The fourth-order valence-electron chi connectivity index (χ4n) is 1.04. The number of aryl methyl sites for hydroxylation is 1. The second-order valence-electron chi connectivity index (χ2n) is 3.14. The van der Waals surface area contributed by atoms with Gasteiger partial charge in [-0.1, -0.05) is 18.7 Å². The zero-order valence-corrected chi connectivity index (χ0v) is 9.14. The van der Waals surface area contributed by atoms with Gasteiger partial charge in [0.15, 0.2) is 5.16 Å². The van der Waals surface area contributed by atoms with Gasteiger partial charge >= 0.3 is 0 Å². The number of hydrogen-bond donors (Lipinski definition) is 1. The van der Waals surface area contributed by atoms with Crippen LogP contribution in [0.25, 0.3) is 0 Å². The van der Waals surface area contributed by atoms with Crippen molar-refractivity contribution < 1.29 is 0 Å². The summed E-state index contributed by atoms with van der Waals surface area (Å²) in [4.78, 5) is 4.14. The molecular weight excluding hydrogens is 184 g/mol. The smallest absolute Gasteiger partial charge is 0.185 e. The Morgan fingerprint density at radius 3 is 3.00 bits per heavy atom. The lowest BCUT2D eigenvalue weighted by Crippen LogP contribution is -2.18. The average Bonchev–Trinajstić information content (AvgIpc) is 2.48. The largest absolute Gasteiger partial charge is 0.319 e. The number of rotatable bonds is 5. The zero-order chi connectivity index (χ0) is 9.68. The standard InChI is InChI=1S/C8H16N4S/c1-7(4-9-2)5-13-8-10-6-11-12(8)3/h6-7,9H,4-5H2,1-3H3. The average molecular weight is 200 g/mol. The number of nitrogens with one attached hydrogen (secondary N) is 1. The van der Waals surface area contributed by atoms with Crippen LogP contribution < -0.4 is 5.32 Å². The second kappa shape index (κ2) is 5.24. The molecule has 74 valence electrons. The molecule has 0 aliphatic rings. The van der Waals surface area contributed by atoms with Crippen LogP contribution >= 0.6 is 11.8 Å². The van der Waals surface area contributed by atoms with E-state index in [4.69, 9.17) is 0 Å². The van der Waals surface area contributed by atoms with Gasteiger partial charge in [-0.25, -0.2) is 9.67 Å². The minimum atomic E-state index is 0.659.